The van der Waals surface area contributed by atoms with Crippen molar-refractivity contribution in [1.82, 2.24) is 4.72 Å². The van der Waals surface area contributed by atoms with Gasteiger partial charge in [-0.3, -0.25) is 9.52 Å². The molecule has 1 unspecified atom stereocenters. The first-order chi connectivity index (χ1) is 13.0. The van der Waals surface area contributed by atoms with Gasteiger partial charge < -0.3 is 9.84 Å². The summed E-state index contributed by atoms with van der Waals surface area (Å²) in [4.78, 5) is 23.6. The molecule has 0 bridgehead atoms. The largest absolute Gasteiger partial charge is 0.480 e. The third-order valence-electron chi connectivity index (χ3n) is 3.93. The monoisotopic (exact) mass is 387 g/mol. The lowest BCUT2D eigenvalue weighted by molar-refractivity contribution is -0.136. The number of aliphatic carboxylic acids is 1. The van der Waals surface area contributed by atoms with Crippen LogP contribution < -0.4 is 4.72 Å². The van der Waals surface area contributed by atoms with E-state index in [1.165, 1.54) is 0 Å². The Morgan fingerprint density at radius 3 is 2.19 bits per heavy atom. The van der Waals surface area contributed by atoms with E-state index in [9.17, 15) is 14.7 Å². The van der Waals surface area contributed by atoms with Crippen LogP contribution in [0.25, 0.3) is 0 Å². The maximum atomic E-state index is 12.3. The Morgan fingerprint density at radius 2 is 1.63 bits per heavy atom. The maximum Gasteiger partial charge on any atom is 0.417 e. The van der Waals surface area contributed by atoms with Gasteiger partial charge in [-0.1, -0.05) is 74.5 Å². The Morgan fingerprint density at radius 1 is 1.04 bits per heavy atom. The summed E-state index contributed by atoms with van der Waals surface area (Å²) >= 11 is 0.885. The number of carbonyl (C=O) groups excluding carboxylic acids is 1. The molecule has 144 valence electrons. The van der Waals surface area contributed by atoms with Gasteiger partial charge in [-0.05, 0) is 35.4 Å². The highest BCUT2D eigenvalue weighted by atomic mass is 32.2. The second-order valence-corrected chi connectivity index (χ2v) is 7.68. The summed E-state index contributed by atoms with van der Waals surface area (Å²) in [6, 6.07) is 19.3. The van der Waals surface area contributed by atoms with Crippen LogP contribution in [0, 0.1) is 5.92 Å². The summed E-state index contributed by atoms with van der Waals surface area (Å²) in [6.07, 6.45) is -0.0914. The molecule has 2 atom stereocenters. The lowest BCUT2D eigenvalue weighted by Crippen LogP contribution is -2.28. The van der Waals surface area contributed by atoms with E-state index in [-0.39, 0.29) is 5.92 Å². The third-order valence-corrected chi connectivity index (χ3v) is 4.89. The fourth-order valence-electron chi connectivity index (χ4n) is 2.62. The zero-order valence-electron chi connectivity index (χ0n) is 15.5. The van der Waals surface area contributed by atoms with Gasteiger partial charge in [0, 0.05) is 6.42 Å². The molecule has 0 saturated carbocycles. The van der Waals surface area contributed by atoms with E-state index in [1.54, 1.807) is 0 Å². The van der Waals surface area contributed by atoms with Crippen molar-refractivity contribution in [1.29, 1.82) is 0 Å². The van der Waals surface area contributed by atoms with Gasteiger partial charge in [-0.25, -0.2) is 4.79 Å². The average molecular weight is 388 g/mol. The molecule has 0 fully saturated rings. The number of hydrogen-bond donors (Lipinski definition) is 2. The fraction of sp³-hybridized carbons (Fsp3) is 0.333. The van der Waals surface area contributed by atoms with Crippen molar-refractivity contribution >= 4 is 24.0 Å². The van der Waals surface area contributed by atoms with Crippen molar-refractivity contribution < 1.29 is 19.4 Å². The lowest BCUT2D eigenvalue weighted by Gasteiger charge is -2.20. The predicted molar refractivity (Wildman–Crippen MR) is 107 cm³/mol. The molecule has 6 heteroatoms. The van der Waals surface area contributed by atoms with Gasteiger partial charge in [0.2, 0.25) is 0 Å². The van der Waals surface area contributed by atoms with Crippen molar-refractivity contribution in [2.45, 2.75) is 38.0 Å². The minimum absolute atomic E-state index is 0.214. The van der Waals surface area contributed by atoms with Crippen LogP contribution in [0.3, 0.4) is 0 Å². The van der Waals surface area contributed by atoms with Crippen LogP contribution in [0.2, 0.25) is 0 Å². The van der Waals surface area contributed by atoms with Gasteiger partial charge in [-0.2, -0.15) is 0 Å². The summed E-state index contributed by atoms with van der Waals surface area (Å²) in [6.45, 7) is 3.89. The number of ether oxygens (including phenoxy) is 1. The molecule has 0 aliphatic heterocycles. The highest BCUT2D eigenvalue weighted by molar-refractivity contribution is 7.99. The topological polar surface area (TPSA) is 75.6 Å². The lowest BCUT2D eigenvalue weighted by atomic mass is 10.0. The third kappa shape index (κ3) is 7.35. The van der Waals surface area contributed by atoms with E-state index in [0.717, 1.165) is 23.1 Å². The highest BCUT2D eigenvalue weighted by Crippen LogP contribution is 2.23. The van der Waals surface area contributed by atoms with Crippen LogP contribution >= 0.6 is 11.9 Å². The molecule has 27 heavy (non-hydrogen) atoms. The van der Waals surface area contributed by atoms with E-state index < -0.39 is 23.4 Å². The SMILES string of the molecule is CC(C)C[C@H](SNC(=O)OC(Cc1ccccc1)c1ccccc1)C(=O)O. The van der Waals surface area contributed by atoms with Gasteiger partial charge >= 0.3 is 12.1 Å². The minimum atomic E-state index is -0.946. The van der Waals surface area contributed by atoms with E-state index >= 15 is 0 Å². The van der Waals surface area contributed by atoms with E-state index in [4.69, 9.17) is 4.74 Å². The highest BCUT2D eigenvalue weighted by Gasteiger charge is 2.23. The van der Waals surface area contributed by atoms with Crippen LogP contribution in [0.15, 0.2) is 60.7 Å². The normalized spacial score (nSPS) is 13.0. The Labute approximate surface area is 164 Å². The first-order valence-corrected chi connectivity index (χ1v) is 9.77. The van der Waals surface area contributed by atoms with Crippen molar-refractivity contribution in [3.63, 3.8) is 0 Å². The van der Waals surface area contributed by atoms with Gasteiger partial charge in [0.25, 0.3) is 0 Å². The molecular weight excluding hydrogens is 362 g/mol. The van der Waals surface area contributed by atoms with Crippen LogP contribution in [-0.2, 0) is 16.0 Å². The molecule has 0 spiro atoms. The maximum absolute atomic E-state index is 12.3. The van der Waals surface area contributed by atoms with Gasteiger partial charge in [0.1, 0.15) is 11.4 Å². The molecular formula is C21H25NO4S. The summed E-state index contributed by atoms with van der Waals surface area (Å²) in [5.74, 6) is -0.732. The van der Waals surface area contributed by atoms with Gasteiger partial charge in [0.15, 0.2) is 0 Å². The van der Waals surface area contributed by atoms with E-state index in [2.05, 4.69) is 4.72 Å². The number of nitrogens with one attached hydrogen (secondary N) is 1. The minimum Gasteiger partial charge on any atom is -0.480 e. The van der Waals surface area contributed by atoms with Crippen LogP contribution in [-0.4, -0.2) is 22.4 Å². The summed E-state index contributed by atoms with van der Waals surface area (Å²) in [7, 11) is 0. The zero-order chi connectivity index (χ0) is 19.6. The average Bonchev–Trinajstić information content (AvgIpc) is 2.65. The molecule has 1 amide bonds. The Bertz CT molecular complexity index is 721. The molecule has 0 aliphatic rings. The number of carbonyl (C=O) groups is 2. The van der Waals surface area contributed by atoms with Crippen molar-refractivity contribution in [2.24, 2.45) is 5.92 Å². The second-order valence-electron chi connectivity index (χ2n) is 6.67. The summed E-state index contributed by atoms with van der Waals surface area (Å²) < 4.78 is 8.14. The Kier molecular flexibility index (Phi) is 8.20. The smallest absolute Gasteiger partial charge is 0.417 e. The molecule has 0 aromatic heterocycles. The Balaban J connectivity index is 2.01. The molecule has 2 rings (SSSR count). The first kappa shape index (κ1) is 20.8. The number of benzene rings is 2. The number of rotatable bonds is 9. The molecule has 0 aliphatic carbocycles. The predicted octanol–water partition coefficient (Wildman–Crippen LogP) is 4.84. The number of amides is 1. The quantitative estimate of drug-likeness (QED) is 0.602. The number of carboxylic acid groups (broad SMARTS) is 1. The van der Waals surface area contributed by atoms with Crippen LogP contribution in [0.1, 0.15) is 37.5 Å². The zero-order valence-corrected chi connectivity index (χ0v) is 16.3. The summed E-state index contributed by atoms with van der Waals surface area (Å²) in [5, 5.41) is 8.57. The van der Waals surface area contributed by atoms with Gasteiger partial charge in [-0.15, -0.1) is 0 Å². The molecule has 2 N–H and O–H groups in total. The van der Waals surface area contributed by atoms with E-state index in [1.807, 2.05) is 74.5 Å². The molecule has 5 nitrogen and oxygen atoms in total. The number of carboxylic acids is 1. The molecule has 2 aromatic carbocycles. The second kappa shape index (κ2) is 10.6. The van der Waals surface area contributed by atoms with E-state index in [0.29, 0.717) is 12.8 Å². The molecule has 2 aromatic rings. The fourth-order valence-corrected chi connectivity index (χ4v) is 3.49. The molecule has 0 saturated heterocycles. The molecule has 0 heterocycles. The first-order valence-electron chi connectivity index (χ1n) is 8.89. The van der Waals surface area contributed by atoms with Crippen molar-refractivity contribution in [2.75, 3.05) is 0 Å². The van der Waals surface area contributed by atoms with Crippen LogP contribution in [0.4, 0.5) is 4.79 Å². The Hall–Kier alpha value is -2.47. The van der Waals surface area contributed by atoms with Crippen molar-refractivity contribution in [3.05, 3.63) is 71.8 Å². The van der Waals surface area contributed by atoms with Crippen LogP contribution in [0.5, 0.6) is 0 Å². The standard InChI is InChI=1S/C21H25NO4S/c1-15(2)13-19(20(23)24)27-22-21(25)26-18(17-11-7-4-8-12-17)14-16-9-5-3-6-10-16/h3-12,15,18-19H,13-14H2,1-2H3,(H,22,25)(H,23,24)/t18?,19-/m0/s1. The van der Waals surface area contributed by atoms with Gasteiger partial charge in [0.05, 0.1) is 0 Å². The van der Waals surface area contributed by atoms with Crippen molar-refractivity contribution in [3.8, 4) is 0 Å². The number of hydrogen-bond acceptors (Lipinski definition) is 4. The summed E-state index contributed by atoms with van der Waals surface area (Å²) in [5.41, 5.74) is 1.94. The molecule has 0 radical (unpaired) electrons.